The van der Waals surface area contributed by atoms with Gasteiger partial charge in [-0.05, 0) is 0 Å². The summed E-state index contributed by atoms with van der Waals surface area (Å²) in [7, 11) is 1.13. The van der Waals surface area contributed by atoms with E-state index < -0.39 is 29.4 Å². The highest BCUT2D eigenvalue weighted by molar-refractivity contribution is 5.57. The van der Waals surface area contributed by atoms with Crippen molar-refractivity contribution in [1.29, 1.82) is 0 Å². The predicted octanol–water partition coefficient (Wildman–Crippen LogP) is 1.75. The lowest BCUT2D eigenvalue weighted by atomic mass is 10.2. The largest absolute Gasteiger partial charge is 0.490 e. The number of nitrogen functional groups attached to an aromatic ring is 1. The van der Waals surface area contributed by atoms with Gasteiger partial charge < -0.3 is 10.5 Å². The average molecular weight is 192 g/mol. The summed E-state index contributed by atoms with van der Waals surface area (Å²) in [4.78, 5) is 3.08. The maximum absolute atomic E-state index is 12.7. The zero-order chi connectivity index (χ0) is 10.0. The van der Waals surface area contributed by atoms with E-state index in [1.54, 1.807) is 0 Å². The van der Waals surface area contributed by atoms with Crippen molar-refractivity contribution in [3.05, 3.63) is 17.7 Å². The Hall–Kier alpha value is -1.46. The van der Waals surface area contributed by atoms with Crippen LogP contribution < -0.4 is 10.5 Å². The lowest BCUT2D eigenvalue weighted by Crippen LogP contribution is -2.02. The summed E-state index contributed by atoms with van der Waals surface area (Å²) in [5.41, 5.74) is 4.27. The Morgan fingerprint density at radius 3 is 2.62 bits per heavy atom. The zero-order valence-corrected chi connectivity index (χ0v) is 6.72. The standard InChI is InChI=1S/C7H7F3N2O/c1-13-5-4(11)3(6(8)9)2-12-7(5)10/h2,6H,1H3,(H2,11,12). The van der Waals surface area contributed by atoms with Crippen LogP contribution in [0.5, 0.6) is 5.75 Å². The molecule has 0 atom stereocenters. The molecule has 13 heavy (non-hydrogen) atoms. The molecule has 1 aromatic rings. The normalized spacial score (nSPS) is 10.5. The molecular formula is C7H7F3N2O. The minimum atomic E-state index is -2.79. The molecule has 0 aliphatic carbocycles. The summed E-state index contributed by atoms with van der Waals surface area (Å²) in [6, 6.07) is 0. The molecule has 0 saturated carbocycles. The third kappa shape index (κ3) is 1.66. The molecule has 0 radical (unpaired) electrons. The Kier molecular flexibility index (Phi) is 2.60. The first-order valence-corrected chi connectivity index (χ1v) is 3.34. The molecule has 1 aromatic heterocycles. The summed E-state index contributed by atoms with van der Waals surface area (Å²) in [6.07, 6.45) is -2.10. The lowest BCUT2D eigenvalue weighted by Gasteiger charge is -2.08. The monoisotopic (exact) mass is 192 g/mol. The molecule has 3 nitrogen and oxygen atoms in total. The van der Waals surface area contributed by atoms with Gasteiger partial charge in [-0.15, -0.1) is 0 Å². The highest BCUT2D eigenvalue weighted by atomic mass is 19.3. The van der Waals surface area contributed by atoms with Crippen LogP contribution >= 0.6 is 0 Å². The van der Waals surface area contributed by atoms with Crippen LogP contribution in [0.1, 0.15) is 12.0 Å². The van der Waals surface area contributed by atoms with Crippen LogP contribution in [0.25, 0.3) is 0 Å². The number of anilines is 1. The summed E-state index contributed by atoms with van der Waals surface area (Å²) >= 11 is 0. The Morgan fingerprint density at radius 1 is 1.54 bits per heavy atom. The molecule has 0 aliphatic rings. The SMILES string of the molecule is COc1c(F)ncc(C(F)F)c1N. The molecule has 0 fully saturated rings. The second-order valence-electron chi connectivity index (χ2n) is 2.25. The van der Waals surface area contributed by atoms with E-state index in [9.17, 15) is 13.2 Å². The molecule has 0 aromatic carbocycles. The summed E-state index contributed by atoms with van der Waals surface area (Å²) < 4.78 is 41.6. The van der Waals surface area contributed by atoms with E-state index in [-0.39, 0.29) is 0 Å². The second kappa shape index (κ2) is 3.51. The van der Waals surface area contributed by atoms with E-state index in [1.807, 2.05) is 0 Å². The van der Waals surface area contributed by atoms with Crippen LogP contribution in [0.3, 0.4) is 0 Å². The van der Waals surface area contributed by atoms with Crippen molar-refractivity contribution < 1.29 is 17.9 Å². The van der Waals surface area contributed by atoms with Crippen LogP contribution in [-0.2, 0) is 0 Å². The van der Waals surface area contributed by atoms with Gasteiger partial charge in [0.15, 0.2) is 5.75 Å². The van der Waals surface area contributed by atoms with Gasteiger partial charge in [-0.2, -0.15) is 4.39 Å². The molecule has 1 heterocycles. The highest BCUT2D eigenvalue weighted by Gasteiger charge is 2.18. The number of nitrogens with zero attached hydrogens (tertiary/aromatic N) is 1. The maximum atomic E-state index is 12.7. The Labute approximate surface area is 72.3 Å². The maximum Gasteiger partial charge on any atom is 0.267 e. The molecule has 6 heteroatoms. The van der Waals surface area contributed by atoms with Crippen molar-refractivity contribution in [1.82, 2.24) is 4.98 Å². The summed E-state index contributed by atoms with van der Waals surface area (Å²) in [5, 5.41) is 0. The third-order valence-corrected chi connectivity index (χ3v) is 1.50. The van der Waals surface area contributed by atoms with Crippen LogP contribution in [0.15, 0.2) is 6.20 Å². The van der Waals surface area contributed by atoms with Gasteiger partial charge in [0.25, 0.3) is 12.4 Å². The van der Waals surface area contributed by atoms with Gasteiger partial charge >= 0.3 is 0 Å². The lowest BCUT2D eigenvalue weighted by molar-refractivity contribution is 0.151. The fraction of sp³-hybridized carbons (Fsp3) is 0.286. The molecule has 0 unspecified atom stereocenters. The Balaban J connectivity index is 3.27. The van der Waals surface area contributed by atoms with Gasteiger partial charge in [0.2, 0.25) is 0 Å². The molecule has 0 aliphatic heterocycles. The number of hydrogen-bond donors (Lipinski definition) is 1. The Morgan fingerprint density at radius 2 is 2.15 bits per heavy atom. The quantitative estimate of drug-likeness (QED) is 0.726. The number of halogens is 3. The van der Waals surface area contributed by atoms with Crippen LogP contribution in [0, 0.1) is 5.95 Å². The van der Waals surface area contributed by atoms with E-state index in [2.05, 4.69) is 9.72 Å². The molecule has 2 N–H and O–H groups in total. The number of aromatic nitrogens is 1. The number of alkyl halides is 2. The van der Waals surface area contributed by atoms with Crippen LogP contribution in [0.2, 0.25) is 0 Å². The van der Waals surface area contributed by atoms with E-state index in [4.69, 9.17) is 5.73 Å². The number of ether oxygens (including phenoxy) is 1. The first-order valence-electron chi connectivity index (χ1n) is 3.34. The first kappa shape index (κ1) is 9.63. The average Bonchev–Trinajstić information content (AvgIpc) is 2.04. The molecule has 1 rings (SSSR count). The van der Waals surface area contributed by atoms with E-state index in [1.165, 1.54) is 0 Å². The van der Waals surface area contributed by atoms with Crippen molar-refractivity contribution in [3.63, 3.8) is 0 Å². The van der Waals surface area contributed by atoms with Crippen molar-refractivity contribution in [2.75, 3.05) is 12.8 Å². The van der Waals surface area contributed by atoms with E-state index in [0.717, 1.165) is 7.11 Å². The number of rotatable bonds is 2. The van der Waals surface area contributed by atoms with E-state index >= 15 is 0 Å². The van der Waals surface area contributed by atoms with Gasteiger partial charge in [-0.25, -0.2) is 13.8 Å². The number of hydrogen-bond acceptors (Lipinski definition) is 3. The Bertz CT molecular complexity index is 317. The summed E-state index contributed by atoms with van der Waals surface area (Å²) in [5.74, 6) is -1.44. The van der Waals surface area contributed by atoms with Gasteiger partial charge in [0.1, 0.15) is 0 Å². The minimum absolute atomic E-state index is 0.412. The molecule has 0 amide bonds. The number of methoxy groups -OCH3 is 1. The van der Waals surface area contributed by atoms with Crippen molar-refractivity contribution in [2.24, 2.45) is 0 Å². The van der Waals surface area contributed by atoms with Gasteiger partial charge in [0, 0.05) is 6.20 Å². The zero-order valence-electron chi connectivity index (χ0n) is 6.72. The molecule has 0 bridgehead atoms. The van der Waals surface area contributed by atoms with Crippen molar-refractivity contribution >= 4 is 5.69 Å². The fourth-order valence-corrected chi connectivity index (χ4v) is 0.865. The highest BCUT2D eigenvalue weighted by Crippen LogP contribution is 2.32. The van der Waals surface area contributed by atoms with Gasteiger partial charge in [-0.3, -0.25) is 0 Å². The summed E-state index contributed by atoms with van der Waals surface area (Å²) in [6.45, 7) is 0. The first-order chi connectivity index (χ1) is 6.07. The number of pyridine rings is 1. The smallest absolute Gasteiger partial charge is 0.267 e. The molecule has 0 saturated heterocycles. The van der Waals surface area contributed by atoms with Crippen molar-refractivity contribution in [2.45, 2.75) is 6.43 Å². The topological polar surface area (TPSA) is 48.1 Å². The molecule has 0 spiro atoms. The minimum Gasteiger partial charge on any atom is -0.490 e. The van der Waals surface area contributed by atoms with Crippen molar-refractivity contribution in [3.8, 4) is 5.75 Å². The molecular weight excluding hydrogens is 185 g/mol. The van der Waals surface area contributed by atoms with E-state index in [0.29, 0.717) is 6.20 Å². The molecule has 72 valence electrons. The number of nitrogens with two attached hydrogens (primary N) is 1. The second-order valence-corrected chi connectivity index (χ2v) is 2.25. The van der Waals surface area contributed by atoms with Crippen LogP contribution in [0.4, 0.5) is 18.9 Å². The third-order valence-electron chi connectivity index (χ3n) is 1.50. The predicted molar refractivity (Wildman–Crippen MR) is 40.1 cm³/mol. The van der Waals surface area contributed by atoms with Gasteiger partial charge in [-0.1, -0.05) is 0 Å². The fourth-order valence-electron chi connectivity index (χ4n) is 0.865. The van der Waals surface area contributed by atoms with Crippen LogP contribution in [-0.4, -0.2) is 12.1 Å². The van der Waals surface area contributed by atoms with Gasteiger partial charge in [0.05, 0.1) is 18.4 Å².